The molecule has 2 nitrogen and oxygen atoms in total. The van der Waals surface area contributed by atoms with Crippen LogP contribution in [0.2, 0.25) is 0 Å². The van der Waals surface area contributed by atoms with Gasteiger partial charge >= 0.3 is 0 Å². The summed E-state index contributed by atoms with van der Waals surface area (Å²) in [6.07, 6.45) is 3.49. The molecule has 0 aromatic heterocycles. The minimum atomic E-state index is 0.533. The normalized spacial score (nSPS) is 21.9. The Bertz CT molecular complexity index is 356. The number of benzene rings is 1. The zero-order valence-corrected chi connectivity index (χ0v) is 9.64. The molecule has 1 aromatic rings. The maximum absolute atomic E-state index is 2.34. The van der Waals surface area contributed by atoms with Gasteiger partial charge in [0.05, 0.1) is 5.70 Å². The highest BCUT2D eigenvalue weighted by molar-refractivity contribution is 5.65. The van der Waals surface area contributed by atoms with Crippen LogP contribution < -0.4 is 0 Å². The van der Waals surface area contributed by atoms with Crippen molar-refractivity contribution in [3.05, 3.63) is 42.0 Å². The molecular weight excluding hydrogens is 184 g/mol. The van der Waals surface area contributed by atoms with Gasteiger partial charge in [0.25, 0.3) is 0 Å². The summed E-state index contributed by atoms with van der Waals surface area (Å²) >= 11 is 0. The molecule has 0 fully saturated rings. The van der Waals surface area contributed by atoms with Crippen molar-refractivity contribution in [2.45, 2.75) is 19.4 Å². The van der Waals surface area contributed by atoms with Crippen LogP contribution in [0.1, 0.15) is 18.9 Å². The lowest BCUT2D eigenvalue weighted by Crippen LogP contribution is -2.35. The van der Waals surface area contributed by atoms with Crippen molar-refractivity contribution in [2.75, 3.05) is 14.1 Å². The van der Waals surface area contributed by atoms with Gasteiger partial charge in [0, 0.05) is 20.1 Å². The second-order valence-corrected chi connectivity index (χ2v) is 3.99. The highest BCUT2D eigenvalue weighted by Crippen LogP contribution is 2.28. The molecular formula is C13H18N2. The second kappa shape index (κ2) is 4.07. The maximum Gasteiger partial charge on any atom is 0.0567 e. The largest absolute Gasteiger partial charge is 0.308 e. The van der Waals surface area contributed by atoms with Crippen LogP contribution in [-0.2, 0) is 0 Å². The molecule has 1 heterocycles. The lowest BCUT2D eigenvalue weighted by atomic mass is 10.1. The van der Waals surface area contributed by atoms with E-state index in [9.17, 15) is 0 Å². The molecule has 0 amide bonds. The summed E-state index contributed by atoms with van der Waals surface area (Å²) in [5, 5.41) is 4.51. The van der Waals surface area contributed by atoms with Gasteiger partial charge in [0.2, 0.25) is 0 Å². The van der Waals surface area contributed by atoms with E-state index in [0.29, 0.717) is 6.04 Å². The molecule has 2 heteroatoms. The van der Waals surface area contributed by atoms with Gasteiger partial charge in [-0.1, -0.05) is 37.3 Å². The SMILES string of the molecule is CCC1C=C(c2ccccc2)N(C)N1C. The van der Waals surface area contributed by atoms with E-state index in [4.69, 9.17) is 0 Å². The van der Waals surface area contributed by atoms with Crippen molar-refractivity contribution in [3.8, 4) is 0 Å². The molecule has 1 atom stereocenters. The molecule has 80 valence electrons. The van der Waals surface area contributed by atoms with Crippen LogP contribution in [0.3, 0.4) is 0 Å². The lowest BCUT2D eigenvalue weighted by molar-refractivity contribution is 0.0815. The number of rotatable bonds is 2. The van der Waals surface area contributed by atoms with Gasteiger partial charge in [-0.15, -0.1) is 0 Å². The average molecular weight is 202 g/mol. The summed E-state index contributed by atoms with van der Waals surface area (Å²) in [4.78, 5) is 0. The third kappa shape index (κ3) is 1.77. The van der Waals surface area contributed by atoms with E-state index < -0.39 is 0 Å². The van der Waals surface area contributed by atoms with Gasteiger partial charge in [-0.2, -0.15) is 0 Å². The molecule has 0 saturated carbocycles. The molecule has 1 aromatic carbocycles. The fraction of sp³-hybridized carbons (Fsp3) is 0.385. The first-order chi connectivity index (χ1) is 7.24. The van der Waals surface area contributed by atoms with Crippen LogP contribution >= 0.6 is 0 Å². The van der Waals surface area contributed by atoms with Gasteiger partial charge in [-0.3, -0.25) is 0 Å². The number of hydrogen-bond acceptors (Lipinski definition) is 2. The van der Waals surface area contributed by atoms with E-state index in [1.165, 1.54) is 11.3 Å². The van der Waals surface area contributed by atoms with Crippen molar-refractivity contribution < 1.29 is 0 Å². The smallest absolute Gasteiger partial charge is 0.0567 e. The Morgan fingerprint density at radius 3 is 2.33 bits per heavy atom. The Morgan fingerprint density at radius 2 is 1.80 bits per heavy atom. The summed E-state index contributed by atoms with van der Waals surface area (Å²) in [6, 6.07) is 11.1. The van der Waals surface area contributed by atoms with Gasteiger partial charge in [0.1, 0.15) is 0 Å². The first-order valence-corrected chi connectivity index (χ1v) is 5.47. The first-order valence-electron chi connectivity index (χ1n) is 5.47. The molecule has 1 aliphatic heterocycles. The Kier molecular flexibility index (Phi) is 2.78. The number of hydrogen-bond donors (Lipinski definition) is 0. The van der Waals surface area contributed by atoms with Crippen LogP contribution in [0.4, 0.5) is 0 Å². The molecule has 0 N–H and O–H groups in total. The number of nitrogens with zero attached hydrogens (tertiary/aromatic N) is 2. The van der Waals surface area contributed by atoms with Crippen LogP contribution in [-0.4, -0.2) is 30.2 Å². The Balaban J connectivity index is 2.31. The molecule has 1 unspecified atom stereocenters. The van der Waals surface area contributed by atoms with Gasteiger partial charge in [0.15, 0.2) is 0 Å². The quantitative estimate of drug-likeness (QED) is 0.727. The van der Waals surface area contributed by atoms with Crippen molar-refractivity contribution >= 4 is 5.70 Å². The van der Waals surface area contributed by atoms with Gasteiger partial charge < -0.3 is 5.01 Å². The Hall–Kier alpha value is -1.28. The van der Waals surface area contributed by atoms with E-state index in [1.54, 1.807) is 0 Å². The molecule has 0 spiro atoms. The fourth-order valence-corrected chi connectivity index (χ4v) is 2.06. The zero-order chi connectivity index (χ0) is 10.8. The molecule has 15 heavy (non-hydrogen) atoms. The summed E-state index contributed by atoms with van der Waals surface area (Å²) < 4.78 is 0. The summed E-state index contributed by atoms with van der Waals surface area (Å²) in [6.45, 7) is 2.22. The van der Waals surface area contributed by atoms with E-state index in [0.717, 1.165) is 6.42 Å². The van der Waals surface area contributed by atoms with Crippen molar-refractivity contribution in [2.24, 2.45) is 0 Å². The van der Waals surface area contributed by atoms with Crippen LogP contribution in [0.5, 0.6) is 0 Å². The van der Waals surface area contributed by atoms with Crippen LogP contribution in [0.25, 0.3) is 5.70 Å². The topological polar surface area (TPSA) is 6.48 Å². The summed E-state index contributed by atoms with van der Waals surface area (Å²) in [5.74, 6) is 0. The molecule has 1 aliphatic rings. The minimum absolute atomic E-state index is 0.533. The third-order valence-electron chi connectivity index (χ3n) is 3.14. The molecule has 0 bridgehead atoms. The second-order valence-electron chi connectivity index (χ2n) is 3.99. The van der Waals surface area contributed by atoms with Crippen LogP contribution in [0.15, 0.2) is 36.4 Å². The van der Waals surface area contributed by atoms with Crippen molar-refractivity contribution in [1.82, 2.24) is 10.0 Å². The first kappa shape index (κ1) is 10.2. The van der Waals surface area contributed by atoms with E-state index >= 15 is 0 Å². The Labute approximate surface area is 91.8 Å². The third-order valence-corrected chi connectivity index (χ3v) is 3.14. The predicted octanol–water partition coefficient (Wildman–Crippen LogP) is 2.60. The van der Waals surface area contributed by atoms with Crippen LogP contribution in [0, 0.1) is 0 Å². The van der Waals surface area contributed by atoms with E-state index in [2.05, 4.69) is 67.4 Å². The van der Waals surface area contributed by atoms with E-state index in [1.807, 2.05) is 0 Å². The standard InChI is InChI=1S/C13H18N2/c1-4-12-10-13(15(3)14(12)2)11-8-6-5-7-9-11/h5-10,12H,4H2,1-3H3. The lowest BCUT2D eigenvalue weighted by Gasteiger charge is -2.28. The predicted molar refractivity (Wildman–Crippen MR) is 64.0 cm³/mol. The monoisotopic (exact) mass is 202 g/mol. The van der Waals surface area contributed by atoms with Gasteiger partial charge in [-0.05, 0) is 18.1 Å². The highest BCUT2D eigenvalue weighted by Gasteiger charge is 2.25. The van der Waals surface area contributed by atoms with Gasteiger partial charge in [-0.25, -0.2) is 5.01 Å². The van der Waals surface area contributed by atoms with E-state index in [-0.39, 0.29) is 0 Å². The molecule has 0 saturated heterocycles. The Morgan fingerprint density at radius 1 is 1.13 bits per heavy atom. The molecule has 2 rings (SSSR count). The average Bonchev–Trinajstić information content (AvgIpc) is 2.57. The van der Waals surface area contributed by atoms with Crippen molar-refractivity contribution in [3.63, 3.8) is 0 Å². The number of likely N-dealkylation sites (N-methyl/N-ethyl adjacent to an activating group) is 1. The zero-order valence-electron chi connectivity index (χ0n) is 9.64. The summed E-state index contributed by atoms with van der Waals surface area (Å²) in [5.41, 5.74) is 2.60. The maximum atomic E-state index is 2.34. The fourth-order valence-electron chi connectivity index (χ4n) is 2.06. The minimum Gasteiger partial charge on any atom is -0.308 e. The van der Waals surface area contributed by atoms with Crippen molar-refractivity contribution in [1.29, 1.82) is 0 Å². The highest BCUT2D eigenvalue weighted by atomic mass is 15.6. The summed E-state index contributed by atoms with van der Waals surface area (Å²) in [7, 11) is 4.26. The number of hydrazine groups is 1. The molecule has 0 radical (unpaired) electrons. The molecule has 0 aliphatic carbocycles.